The SMILES string of the molecule is CC(C)NC(=O)CN1CCC/C(=N/O)c2ccccc21. The third-order valence-corrected chi connectivity index (χ3v) is 3.30. The highest BCUT2D eigenvalue weighted by Crippen LogP contribution is 2.26. The summed E-state index contributed by atoms with van der Waals surface area (Å²) in [6.45, 7) is 5.01. The van der Waals surface area contributed by atoms with Crippen molar-refractivity contribution in [3.8, 4) is 0 Å². The predicted octanol–water partition coefficient (Wildman–Crippen LogP) is 1.99. The van der Waals surface area contributed by atoms with Crippen molar-refractivity contribution in [2.45, 2.75) is 32.7 Å². The second-order valence-electron chi connectivity index (χ2n) is 5.31. The summed E-state index contributed by atoms with van der Waals surface area (Å²) in [6.07, 6.45) is 1.58. The molecule has 2 N–H and O–H groups in total. The zero-order valence-electron chi connectivity index (χ0n) is 12.0. The number of rotatable bonds is 3. The molecule has 1 amide bonds. The van der Waals surface area contributed by atoms with Crippen LogP contribution in [0.15, 0.2) is 29.4 Å². The molecule has 1 heterocycles. The second kappa shape index (κ2) is 6.41. The first-order chi connectivity index (χ1) is 9.61. The zero-order valence-corrected chi connectivity index (χ0v) is 12.0. The molecular weight excluding hydrogens is 254 g/mol. The van der Waals surface area contributed by atoms with Gasteiger partial charge in [-0.3, -0.25) is 4.79 Å². The van der Waals surface area contributed by atoms with Crippen LogP contribution >= 0.6 is 0 Å². The van der Waals surface area contributed by atoms with Gasteiger partial charge in [-0.1, -0.05) is 23.4 Å². The number of hydrogen-bond acceptors (Lipinski definition) is 4. The Morgan fingerprint density at radius 2 is 2.20 bits per heavy atom. The van der Waals surface area contributed by atoms with Gasteiger partial charge in [-0.2, -0.15) is 0 Å². The van der Waals surface area contributed by atoms with Gasteiger partial charge < -0.3 is 15.4 Å². The highest BCUT2D eigenvalue weighted by Gasteiger charge is 2.21. The fourth-order valence-electron chi connectivity index (χ4n) is 2.49. The van der Waals surface area contributed by atoms with Crippen molar-refractivity contribution in [3.05, 3.63) is 29.8 Å². The molecule has 1 aliphatic heterocycles. The maximum absolute atomic E-state index is 12.0. The predicted molar refractivity (Wildman–Crippen MR) is 79.5 cm³/mol. The Morgan fingerprint density at radius 3 is 2.90 bits per heavy atom. The van der Waals surface area contributed by atoms with E-state index in [0.29, 0.717) is 12.3 Å². The largest absolute Gasteiger partial charge is 0.411 e. The summed E-state index contributed by atoms with van der Waals surface area (Å²) >= 11 is 0. The molecule has 0 radical (unpaired) electrons. The monoisotopic (exact) mass is 275 g/mol. The molecule has 0 aliphatic carbocycles. The molecule has 0 unspecified atom stereocenters. The fraction of sp³-hybridized carbons (Fsp3) is 0.467. The van der Waals surface area contributed by atoms with E-state index < -0.39 is 0 Å². The number of nitrogens with one attached hydrogen (secondary N) is 1. The molecular formula is C15H21N3O2. The Hall–Kier alpha value is -2.04. The van der Waals surface area contributed by atoms with E-state index in [-0.39, 0.29) is 11.9 Å². The lowest BCUT2D eigenvalue weighted by Crippen LogP contribution is -2.40. The summed E-state index contributed by atoms with van der Waals surface area (Å²) in [5.74, 6) is 0.0131. The first-order valence-electron chi connectivity index (χ1n) is 6.96. The minimum absolute atomic E-state index is 0.0131. The Kier molecular flexibility index (Phi) is 4.61. The lowest BCUT2D eigenvalue weighted by atomic mass is 10.1. The fourth-order valence-corrected chi connectivity index (χ4v) is 2.49. The van der Waals surface area contributed by atoms with Crippen LogP contribution in [-0.2, 0) is 4.79 Å². The van der Waals surface area contributed by atoms with Gasteiger partial charge in [-0.15, -0.1) is 0 Å². The highest BCUT2D eigenvalue weighted by atomic mass is 16.4. The highest BCUT2D eigenvalue weighted by molar-refractivity contribution is 6.05. The van der Waals surface area contributed by atoms with Crippen molar-refractivity contribution < 1.29 is 10.0 Å². The van der Waals surface area contributed by atoms with Gasteiger partial charge in [0.1, 0.15) is 0 Å². The van der Waals surface area contributed by atoms with Crippen molar-refractivity contribution in [1.29, 1.82) is 0 Å². The topological polar surface area (TPSA) is 64.9 Å². The summed E-state index contributed by atoms with van der Waals surface area (Å²) in [4.78, 5) is 14.0. The van der Waals surface area contributed by atoms with Gasteiger partial charge in [-0.05, 0) is 32.8 Å². The molecule has 20 heavy (non-hydrogen) atoms. The summed E-state index contributed by atoms with van der Waals surface area (Å²) in [6, 6.07) is 7.89. The number of carbonyl (C=O) groups is 1. The Bertz CT molecular complexity index is 512. The Balaban J connectivity index is 2.24. The molecule has 5 heteroatoms. The van der Waals surface area contributed by atoms with Gasteiger partial charge in [0, 0.05) is 23.8 Å². The average molecular weight is 275 g/mol. The van der Waals surface area contributed by atoms with Crippen molar-refractivity contribution in [3.63, 3.8) is 0 Å². The van der Waals surface area contributed by atoms with Crippen LogP contribution < -0.4 is 10.2 Å². The third kappa shape index (κ3) is 3.29. The minimum Gasteiger partial charge on any atom is -0.411 e. The maximum Gasteiger partial charge on any atom is 0.239 e. The van der Waals surface area contributed by atoms with Crippen molar-refractivity contribution in [2.24, 2.45) is 5.16 Å². The summed E-state index contributed by atoms with van der Waals surface area (Å²) in [7, 11) is 0. The number of anilines is 1. The Labute approximate surface area is 119 Å². The van der Waals surface area contributed by atoms with Crippen LogP contribution in [0.25, 0.3) is 0 Å². The number of para-hydroxylation sites is 1. The van der Waals surface area contributed by atoms with Crippen LogP contribution in [0.3, 0.4) is 0 Å². The van der Waals surface area contributed by atoms with Gasteiger partial charge in [0.2, 0.25) is 5.91 Å². The molecule has 1 aromatic rings. The standard InChI is InChI=1S/C15H21N3O2/c1-11(2)16-15(19)10-18-9-5-7-13(17-20)12-6-3-4-8-14(12)18/h3-4,6,8,11,20H,5,7,9-10H2,1-2H3,(H,16,19)/b17-13-. The van der Waals surface area contributed by atoms with E-state index in [9.17, 15) is 4.79 Å². The van der Waals surface area contributed by atoms with E-state index >= 15 is 0 Å². The molecule has 0 fully saturated rings. The molecule has 0 bridgehead atoms. The van der Waals surface area contributed by atoms with Crippen LogP contribution in [0.4, 0.5) is 5.69 Å². The van der Waals surface area contributed by atoms with Crippen molar-refractivity contribution in [2.75, 3.05) is 18.0 Å². The molecule has 1 aliphatic rings. The van der Waals surface area contributed by atoms with Crippen LogP contribution in [0.2, 0.25) is 0 Å². The van der Waals surface area contributed by atoms with Crippen LogP contribution in [0.5, 0.6) is 0 Å². The lowest BCUT2D eigenvalue weighted by molar-refractivity contribution is -0.120. The molecule has 5 nitrogen and oxygen atoms in total. The number of carbonyl (C=O) groups excluding carboxylic acids is 1. The molecule has 108 valence electrons. The van der Waals surface area contributed by atoms with E-state index in [0.717, 1.165) is 30.6 Å². The first-order valence-corrected chi connectivity index (χ1v) is 6.96. The summed E-state index contributed by atoms with van der Waals surface area (Å²) < 4.78 is 0. The van der Waals surface area contributed by atoms with Crippen molar-refractivity contribution in [1.82, 2.24) is 5.32 Å². The van der Waals surface area contributed by atoms with Gasteiger partial charge in [0.05, 0.1) is 12.3 Å². The summed E-state index contributed by atoms with van der Waals surface area (Å²) in [5.41, 5.74) is 2.55. The zero-order chi connectivity index (χ0) is 14.5. The second-order valence-corrected chi connectivity index (χ2v) is 5.31. The van der Waals surface area contributed by atoms with Gasteiger partial charge in [0.15, 0.2) is 0 Å². The van der Waals surface area contributed by atoms with E-state index in [2.05, 4.69) is 10.5 Å². The molecule has 0 saturated carbocycles. The number of benzene rings is 1. The maximum atomic E-state index is 12.0. The lowest BCUT2D eigenvalue weighted by Gasteiger charge is -2.24. The number of oxime groups is 1. The number of amides is 1. The van der Waals surface area contributed by atoms with Crippen LogP contribution in [0.1, 0.15) is 32.3 Å². The average Bonchev–Trinajstić information content (AvgIpc) is 2.58. The van der Waals surface area contributed by atoms with E-state index in [1.165, 1.54) is 0 Å². The van der Waals surface area contributed by atoms with Crippen LogP contribution in [-0.4, -0.2) is 36.0 Å². The van der Waals surface area contributed by atoms with E-state index in [1.54, 1.807) is 0 Å². The number of fused-ring (bicyclic) bond motifs is 1. The number of hydrogen-bond donors (Lipinski definition) is 2. The molecule has 0 saturated heterocycles. The van der Waals surface area contributed by atoms with Gasteiger partial charge >= 0.3 is 0 Å². The van der Waals surface area contributed by atoms with E-state index in [1.807, 2.05) is 43.0 Å². The molecule has 1 aromatic carbocycles. The van der Waals surface area contributed by atoms with Crippen LogP contribution in [0, 0.1) is 0 Å². The molecule has 2 rings (SSSR count). The van der Waals surface area contributed by atoms with Gasteiger partial charge in [0.25, 0.3) is 0 Å². The smallest absolute Gasteiger partial charge is 0.239 e. The number of nitrogens with zero attached hydrogens (tertiary/aromatic N) is 2. The third-order valence-electron chi connectivity index (χ3n) is 3.30. The molecule has 0 aromatic heterocycles. The molecule has 0 atom stereocenters. The Morgan fingerprint density at radius 1 is 1.45 bits per heavy atom. The molecule has 0 spiro atoms. The quantitative estimate of drug-likeness (QED) is 0.655. The van der Waals surface area contributed by atoms with Gasteiger partial charge in [-0.25, -0.2) is 0 Å². The minimum atomic E-state index is 0.0131. The normalized spacial score (nSPS) is 16.9. The van der Waals surface area contributed by atoms with E-state index in [4.69, 9.17) is 5.21 Å². The van der Waals surface area contributed by atoms with Crippen molar-refractivity contribution >= 4 is 17.3 Å². The summed E-state index contributed by atoms with van der Waals surface area (Å²) in [5, 5.41) is 15.4. The first kappa shape index (κ1) is 14.4.